The molecule has 1 fully saturated rings. The number of phenolic OH excluding ortho intramolecular Hbond substituents is 1. The second-order valence-corrected chi connectivity index (χ2v) is 7.89. The normalized spacial score (nSPS) is 21.1. The van der Waals surface area contributed by atoms with E-state index in [-0.39, 0.29) is 5.97 Å². The van der Waals surface area contributed by atoms with E-state index in [9.17, 15) is 9.90 Å². The summed E-state index contributed by atoms with van der Waals surface area (Å²) in [6.45, 7) is 1.03. The number of hydrogen-bond donors (Lipinski definition) is 1. The van der Waals surface area contributed by atoms with Crippen LogP contribution in [0, 0.1) is 5.92 Å². The number of allylic oxidation sites excluding steroid dienone is 1. The molecule has 4 nitrogen and oxygen atoms in total. The first kappa shape index (κ1) is 20.2. The van der Waals surface area contributed by atoms with Crippen molar-refractivity contribution < 1.29 is 14.6 Å². The molecule has 2 unspecified atom stereocenters. The van der Waals surface area contributed by atoms with Crippen molar-refractivity contribution in [1.82, 2.24) is 4.90 Å². The van der Waals surface area contributed by atoms with E-state index in [4.69, 9.17) is 4.74 Å². The zero-order valence-electron chi connectivity index (χ0n) is 16.9. The Labute approximate surface area is 167 Å². The summed E-state index contributed by atoms with van der Waals surface area (Å²) in [6.07, 6.45) is 5.33. The molecule has 148 valence electrons. The summed E-state index contributed by atoms with van der Waals surface area (Å²) in [5.74, 6) is 0.934. The summed E-state index contributed by atoms with van der Waals surface area (Å²) in [7, 11) is 5.63. The summed E-state index contributed by atoms with van der Waals surface area (Å²) < 4.78 is 4.83. The molecule has 2 aromatic rings. The number of phenols is 1. The molecule has 3 rings (SSSR count). The van der Waals surface area contributed by atoms with Crippen molar-refractivity contribution >= 4 is 12.0 Å². The fourth-order valence-corrected chi connectivity index (χ4v) is 4.20. The highest BCUT2D eigenvalue weighted by atomic mass is 16.5. The van der Waals surface area contributed by atoms with Gasteiger partial charge in [0, 0.05) is 6.54 Å². The first-order valence-corrected chi connectivity index (χ1v) is 9.77. The van der Waals surface area contributed by atoms with E-state index in [2.05, 4.69) is 31.1 Å². The van der Waals surface area contributed by atoms with Crippen LogP contribution in [0.3, 0.4) is 0 Å². The predicted molar refractivity (Wildman–Crippen MR) is 113 cm³/mol. The van der Waals surface area contributed by atoms with Crippen LogP contribution >= 0.6 is 0 Å². The molecule has 2 atom stereocenters. The number of benzene rings is 2. The zero-order chi connectivity index (χ0) is 20.1. The van der Waals surface area contributed by atoms with Crippen LogP contribution in [0.5, 0.6) is 5.75 Å². The number of methoxy groups -OCH3 is 1. The molecule has 1 N–H and O–H groups in total. The highest BCUT2D eigenvalue weighted by molar-refractivity contribution is 5.90. The van der Waals surface area contributed by atoms with E-state index in [1.54, 1.807) is 12.1 Å². The van der Waals surface area contributed by atoms with Gasteiger partial charge in [0.05, 0.1) is 12.7 Å². The SMILES string of the molecule is COC(=O)c1cccc(C=C2CCC(CN(C)C)C(c3cccc(O)c3)C2)c1. The summed E-state index contributed by atoms with van der Waals surface area (Å²) in [5, 5.41) is 9.95. The molecule has 1 aliphatic carbocycles. The standard InChI is InChI=1S/C24H29NO3/c1-25(2)16-21-11-10-18(14-23(21)19-7-5-9-22(26)15-19)12-17-6-4-8-20(13-17)24(27)28-3/h4-9,12-13,15,21,23,26H,10-11,14,16H2,1-3H3. The highest BCUT2D eigenvalue weighted by Gasteiger charge is 2.29. The quantitative estimate of drug-likeness (QED) is 0.765. The van der Waals surface area contributed by atoms with E-state index in [0.29, 0.717) is 23.1 Å². The van der Waals surface area contributed by atoms with Crippen LogP contribution in [0.2, 0.25) is 0 Å². The van der Waals surface area contributed by atoms with Crippen molar-refractivity contribution in [3.05, 3.63) is 70.8 Å². The lowest BCUT2D eigenvalue weighted by Crippen LogP contribution is -2.29. The molecule has 4 heteroatoms. The molecule has 0 amide bonds. The van der Waals surface area contributed by atoms with Gasteiger partial charge >= 0.3 is 5.97 Å². The molecule has 1 aliphatic rings. The fourth-order valence-electron chi connectivity index (χ4n) is 4.20. The van der Waals surface area contributed by atoms with Gasteiger partial charge in [0.25, 0.3) is 0 Å². The van der Waals surface area contributed by atoms with Crippen LogP contribution in [-0.4, -0.2) is 43.7 Å². The maximum Gasteiger partial charge on any atom is 0.337 e. The minimum absolute atomic E-state index is 0.312. The van der Waals surface area contributed by atoms with Gasteiger partial charge in [0.2, 0.25) is 0 Å². The fraction of sp³-hybridized carbons (Fsp3) is 0.375. The summed E-state index contributed by atoms with van der Waals surface area (Å²) in [6, 6.07) is 15.2. The van der Waals surface area contributed by atoms with Gasteiger partial charge in [0.15, 0.2) is 0 Å². The summed E-state index contributed by atoms with van der Waals surface area (Å²) in [4.78, 5) is 14.0. The van der Waals surface area contributed by atoms with Crippen molar-refractivity contribution in [3.8, 4) is 5.75 Å². The van der Waals surface area contributed by atoms with Crippen LogP contribution in [0.1, 0.15) is 46.7 Å². The van der Waals surface area contributed by atoms with Crippen molar-refractivity contribution in [2.24, 2.45) is 5.92 Å². The average molecular weight is 380 g/mol. The third kappa shape index (κ3) is 5.02. The van der Waals surface area contributed by atoms with Crippen LogP contribution in [-0.2, 0) is 4.74 Å². The first-order chi connectivity index (χ1) is 13.5. The van der Waals surface area contributed by atoms with Gasteiger partial charge in [-0.2, -0.15) is 0 Å². The van der Waals surface area contributed by atoms with Gasteiger partial charge in [-0.3, -0.25) is 0 Å². The van der Waals surface area contributed by atoms with Gasteiger partial charge < -0.3 is 14.7 Å². The molecule has 0 aliphatic heterocycles. The largest absolute Gasteiger partial charge is 0.508 e. The van der Waals surface area contributed by atoms with Gasteiger partial charge in [-0.15, -0.1) is 0 Å². The highest BCUT2D eigenvalue weighted by Crippen LogP contribution is 2.42. The third-order valence-electron chi connectivity index (χ3n) is 5.46. The predicted octanol–water partition coefficient (Wildman–Crippen LogP) is 4.71. The second kappa shape index (κ2) is 9.07. The number of carbonyl (C=O) groups is 1. The number of carbonyl (C=O) groups excluding carboxylic acids is 1. The number of aromatic hydroxyl groups is 1. The zero-order valence-corrected chi connectivity index (χ0v) is 16.9. The first-order valence-electron chi connectivity index (χ1n) is 9.77. The number of rotatable bonds is 5. The van der Waals surface area contributed by atoms with Crippen molar-refractivity contribution in [2.45, 2.75) is 25.2 Å². The molecule has 0 heterocycles. The van der Waals surface area contributed by atoms with Crippen molar-refractivity contribution in [1.29, 1.82) is 0 Å². The molecule has 0 radical (unpaired) electrons. The van der Waals surface area contributed by atoms with Crippen LogP contribution < -0.4 is 0 Å². The smallest absolute Gasteiger partial charge is 0.337 e. The Kier molecular flexibility index (Phi) is 6.53. The number of esters is 1. The Morgan fingerprint density at radius 1 is 1.21 bits per heavy atom. The molecular weight excluding hydrogens is 350 g/mol. The molecule has 0 spiro atoms. The van der Waals surface area contributed by atoms with Gasteiger partial charge in [-0.25, -0.2) is 4.79 Å². The van der Waals surface area contributed by atoms with Crippen LogP contribution in [0.25, 0.3) is 6.08 Å². The lowest BCUT2D eigenvalue weighted by Gasteiger charge is -2.35. The molecule has 0 bridgehead atoms. The van der Waals surface area contributed by atoms with Crippen LogP contribution in [0.4, 0.5) is 0 Å². The number of hydrogen-bond acceptors (Lipinski definition) is 4. The van der Waals surface area contributed by atoms with Crippen molar-refractivity contribution in [3.63, 3.8) is 0 Å². The minimum atomic E-state index is -0.312. The Balaban J connectivity index is 1.86. The second-order valence-electron chi connectivity index (χ2n) is 7.89. The average Bonchev–Trinajstić information content (AvgIpc) is 2.68. The number of ether oxygens (including phenoxy) is 1. The van der Waals surface area contributed by atoms with Gasteiger partial charge in [0.1, 0.15) is 5.75 Å². The molecule has 0 aromatic heterocycles. The van der Waals surface area contributed by atoms with Crippen LogP contribution in [0.15, 0.2) is 54.1 Å². The van der Waals surface area contributed by atoms with E-state index in [1.165, 1.54) is 18.2 Å². The van der Waals surface area contributed by atoms with Gasteiger partial charge in [-0.05, 0) is 80.6 Å². The van der Waals surface area contributed by atoms with E-state index >= 15 is 0 Å². The molecule has 2 aromatic carbocycles. The monoisotopic (exact) mass is 379 g/mol. The Morgan fingerprint density at radius 2 is 2.00 bits per heavy atom. The maximum absolute atomic E-state index is 11.8. The maximum atomic E-state index is 11.8. The third-order valence-corrected chi connectivity index (χ3v) is 5.46. The lowest BCUT2D eigenvalue weighted by atomic mass is 9.73. The molecule has 0 saturated heterocycles. The topological polar surface area (TPSA) is 49.8 Å². The van der Waals surface area contributed by atoms with E-state index < -0.39 is 0 Å². The lowest BCUT2D eigenvalue weighted by molar-refractivity contribution is 0.0600. The molecule has 1 saturated carbocycles. The molecular formula is C24H29NO3. The summed E-state index contributed by atoms with van der Waals surface area (Å²) in [5.41, 5.74) is 4.17. The van der Waals surface area contributed by atoms with E-state index in [0.717, 1.165) is 31.4 Å². The minimum Gasteiger partial charge on any atom is -0.508 e. The van der Waals surface area contributed by atoms with E-state index in [1.807, 2.05) is 30.3 Å². The summed E-state index contributed by atoms with van der Waals surface area (Å²) >= 11 is 0. The molecule has 28 heavy (non-hydrogen) atoms. The Bertz CT molecular complexity index is 856. The number of nitrogens with zero attached hydrogens (tertiary/aromatic N) is 1. The van der Waals surface area contributed by atoms with Crippen molar-refractivity contribution in [2.75, 3.05) is 27.7 Å². The van der Waals surface area contributed by atoms with Gasteiger partial charge in [-0.1, -0.05) is 35.9 Å². The Hall–Kier alpha value is -2.59. The Morgan fingerprint density at radius 3 is 2.71 bits per heavy atom.